The van der Waals surface area contributed by atoms with Crippen molar-refractivity contribution in [3.8, 4) is 0 Å². The summed E-state index contributed by atoms with van der Waals surface area (Å²) in [5.41, 5.74) is 6.51. The SMILES string of the molecule is CCCC(OC)C(N)c1cccc(Br)c1F. The first-order chi connectivity index (χ1) is 7.61. The fraction of sp³-hybridized carbons (Fsp3) is 0.500. The van der Waals surface area contributed by atoms with E-state index in [0.717, 1.165) is 12.8 Å². The predicted molar refractivity (Wildman–Crippen MR) is 66.7 cm³/mol. The molecule has 2 N–H and O–H groups in total. The van der Waals surface area contributed by atoms with E-state index in [2.05, 4.69) is 22.9 Å². The van der Waals surface area contributed by atoms with Gasteiger partial charge in [0.1, 0.15) is 5.82 Å². The molecule has 90 valence electrons. The number of halogens is 2. The van der Waals surface area contributed by atoms with Crippen molar-refractivity contribution in [1.29, 1.82) is 0 Å². The molecule has 1 aromatic carbocycles. The van der Waals surface area contributed by atoms with Crippen LogP contribution in [0.3, 0.4) is 0 Å². The predicted octanol–water partition coefficient (Wildman–Crippen LogP) is 3.40. The molecule has 0 amide bonds. The summed E-state index contributed by atoms with van der Waals surface area (Å²) in [6.07, 6.45) is 1.64. The Balaban J connectivity index is 2.94. The molecule has 0 saturated carbocycles. The second-order valence-corrected chi connectivity index (χ2v) is 4.59. The minimum Gasteiger partial charge on any atom is -0.379 e. The van der Waals surface area contributed by atoms with Gasteiger partial charge in [-0.3, -0.25) is 0 Å². The van der Waals surface area contributed by atoms with Crippen molar-refractivity contribution in [3.05, 3.63) is 34.1 Å². The van der Waals surface area contributed by atoms with Gasteiger partial charge < -0.3 is 10.5 Å². The topological polar surface area (TPSA) is 35.2 Å². The highest BCUT2D eigenvalue weighted by atomic mass is 79.9. The lowest BCUT2D eigenvalue weighted by molar-refractivity contribution is 0.0715. The molecule has 1 rings (SSSR count). The van der Waals surface area contributed by atoms with Gasteiger partial charge in [0.15, 0.2) is 0 Å². The first-order valence-corrected chi connectivity index (χ1v) is 6.13. The van der Waals surface area contributed by atoms with Crippen LogP contribution in [0.2, 0.25) is 0 Å². The Labute approximate surface area is 104 Å². The van der Waals surface area contributed by atoms with E-state index >= 15 is 0 Å². The molecule has 2 nitrogen and oxygen atoms in total. The molecule has 16 heavy (non-hydrogen) atoms. The molecule has 0 aliphatic carbocycles. The number of rotatable bonds is 5. The maximum Gasteiger partial charge on any atom is 0.142 e. The van der Waals surface area contributed by atoms with Gasteiger partial charge in [0.2, 0.25) is 0 Å². The molecule has 0 radical (unpaired) electrons. The molecule has 0 aliphatic rings. The highest BCUT2D eigenvalue weighted by molar-refractivity contribution is 9.10. The van der Waals surface area contributed by atoms with E-state index < -0.39 is 6.04 Å². The van der Waals surface area contributed by atoms with Gasteiger partial charge in [-0.2, -0.15) is 0 Å². The maximum atomic E-state index is 13.8. The first kappa shape index (κ1) is 13.6. The lowest BCUT2D eigenvalue weighted by Crippen LogP contribution is -2.28. The van der Waals surface area contributed by atoms with Crippen molar-refractivity contribution in [2.75, 3.05) is 7.11 Å². The van der Waals surface area contributed by atoms with Crippen LogP contribution >= 0.6 is 15.9 Å². The second kappa shape index (κ2) is 6.33. The van der Waals surface area contributed by atoms with E-state index in [0.29, 0.717) is 10.0 Å². The van der Waals surface area contributed by atoms with E-state index in [9.17, 15) is 4.39 Å². The summed E-state index contributed by atoms with van der Waals surface area (Å²) >= 11 is 3.15. The fourth-order valence-electron chi connectivity index (χ4n) is 1.71. The molecule has 2 atom stereocenters. The van der Waals surface area contributed by atoms with Crippen LogP contribution in [-0.2, 0) is 4.74 Å². The van der Waals surface area contributed by atoms with Crippen molar-refractivity contribution in [2.45, 2.75) is 31.9 Å². The van der Waals surface area contributed by atoms with Crippen LogP contribution in [-0.4, -0.2) is 13.2 Å². The van der Waals surface area contributed by atoms with Gasteiger partial charge >= 0.3 is 0 Å². The summed E-state index contributed by atoms with van der Waals surface area (Å²) in [5, 5.41) is 0. The Bertz CT molecular complexity index is 346. The third kappa shape index (κ3) is 3.03. The van der Waals surface area contributed by atoms with Crippen molar-refractivity contribution >= 4 is 15.9 Å². The summed E-state index contributed by atoms with van der Waals surface area (Å²) in [5.74, 6) is -0.298. The number of methoxy groups -OCH3 is 1. The average molecular weight is 290 g/mol. The van der Waals surface area contributed by atoms with Crippen LogP contribution in [0.15, 0.2) is 22.7 Å². The maximum absolute atomic E-state index is 13.8. The average Bonchev–Trinajstić information content (AvgIpc) is 2.29. The Hall–Kier alpha value is -0.450. The largest absolute Gasteiger partial charge is 0.379 e. The van der Waals surface area contributed by atoms with Crippen LogP contribution in [0.1, 0.15) is 31.4 Å². The zero-order valence-corrected chi connectivity index (χ0v) is 11.1. The van der Waals surface area contributed by atoms with Gasteiger partial charge in [-0.05, 0) is 28.4 Å². The minimum absolute atomic E-state index is 0.145. The van der Waals surface area contributed by atoms with Crippen LogP contribution in [0, 0.1) is 5.82 Å². The summed E-state index contributed by atoms with van der Waals surface area (Å²) in [6.45, 7) is 2.05. The molecule has 0 fully saturated rings. The number of nitrogens with two attached hydrogens (primary N) is 1. The fourth-order valence-corrected chi connectivity index (χ4v) is 2.09. The molecular weight excluding hydrogens is 273 g/mol. The number of ether oxygens (including phenoxy) is 1. The standard InChI is InChI=1S/C12H17BrFNO/c1-3-5-10(16-2)12(15)8-6-4-7-9(13)11(8)14/h4,6-7,10,12H,3,5,15H2,1-2H3. The summed E-state index contributed by atoms with van der Waals surface area (Å²) in [7, 11) is 1.61. The molecule has 0 bridgehead atoms. The molecule has 0 spiro atoms. The zero-order chi connectivity index (χ0) is 12.1. The van der Waals surface area contributed by atoms with Crippen molar-refractivity contribution in [3.63, 3.8) is 0 Å². The van der Waals surface area contributed by atoms with Gasteiger partial charge in [0, 0.05) is 12.7 Å². The zero-order valence-electron chi connectivity index (χ0n) is 9.54. The normalized spacial score (nSPS) is 14.8. The molecular formula is C12H17BrFNO. The molecule has 1 aromatic rings. The van der Waals surface area contributed by atoms with Crippen molar-refractivity contribution < 1.29 is 9.13 Å². The number of hydrogen-bond donors (Lipinski definition) is 1. The Morgan fingerprint density at radius 3 is 2.75 bits per heavy atom. The molecule has 0 heterocycles. The molecule has 2 unspecified atom stereocenters. The van der Waals surface area contributed by atoms with Crippen LogP contribution in [0.25, 0.3) is 0 Å². The summed E-state index contributed by atoms with van der Waals surface area (Å²) in [6, 6.07) is 4.71. The lowest BCUT2D eigenvalue weighted by Gasteiger charge is -2.23. The quantitative estimate of drug-likeness (QED) is 0.902. The van der Waals surface area contributed by atoms with E-state index in [4.69, 9.17) is 10.5 Å². The van der Waals surface area contributed by atoms with Gasteiger partial charge in [0.25, 0.3) is 0 Å². The Morgan fingerprint density at radius 2 is 2.19 bits per heavy atom. The molecule has 0 aromatic heterocycles. The van der Waals surface area contributed by atoms with E-state index in [1.54, 1.807) is 25.3 Å². The third-order valence-electron chi connectivity index (χ3n) is 2.62. The van der Waals surface area contributed by atoms with E-state index in [-0.39, 0.29) is 11.9 Å². The second-order valence-electron chi connectivity index (χ2n) is 3.73. The number of benzene rings is 1. The van der Waals surface area contributed by atoms with Gasteiger partial charge in [-0.1, -0.05) is 25.5 Å². The van der Waals surface area contributed by atoms with Gasteiger partial charge in [-0.25, -0.2) is 4.39 Å². The minimum atomic E-state index is -0.428. The summed E-state index contributed by atoms with van der Waals surface area (Å²) in [4.78, 5) is 0. The number of hydrogen-bond acceptors (Lipinski definition) is 2. The Kier molecular flexibility index (Phi) is 5.38. The first-order valence-electron chi connectivity index (χ1n) is 5.34. The van der Waals surface area contributed by atoms with Gasteiger partial charge in [-0.15, -0.1) is 0 Å². The lowest BCUT2D eigenvalue weighted by atomic mass is 9.98. The van der Waals surface area contributed by atoms with Gasteiger partial charge in [0.05, 0.1) is 16.6 Å². The molecule has 0 saturated heterocycles. The van der Waals surface area contributed by atoms with Crippen LogP contribution in [0.4, 0.5) is 4.39 Å². The van der Waals surface area contributed by atoms with E-state index in [1.807, 2.05) is 0 Å². The monoisotopic (exact) mass is 289 g/mol. The third-order valence-corrected chi connectivity index (χ3v) is 3.23. The Morgan fingerprint density at radius 1 is 1.50 bits per heavy atom. The van der Waals surface area contributed by atoms with Crippen molar-refractivity contribution in [2.24, 2.45) is 5.73 Å². The van der Waals surface area contributed by atoms with Crippen LogP contribution < -0.4 is 5.73 Å². The molecule has 0 aliphatic heterocycles. The summed E-state index contributed by atoms with van der Waals surface area (Å²) < 4.78 is 19.5. The van der Waals surface area contributed by atoms with Crippen LogP contribution in [0.5, 0.6) is 0 Å². The van der Waals surface area contributed by atoms with E-state index in [1.165, 1.54) is 0 Å². The highest BCUT2D eigenvalue weighted by Gasteiger charge is 2.21. The smallest absolute Gasteiger partial charge is 0.142 e. The molecule has 4 heteroatoms. The van der Waals surface area contributed by atoms with Crippen molar-refractivity contribution in [1.82, 2.24) is 0 Å². The highest BCUT2D eigenvalue weighted by Crippen LogP contribution is 2.26.